The lowest BCUT2D eigenvalue weighted by Gasteiger charge is -2.11. The molecule has 0 fully saturated rings. The molecule has 0 bridgehead atoms. The van der Waals surface area contributed by atoms with Gasteiger partial charge in [0, 0.05) is 7.11 Å². The van der Waals surface area contributed by atoms with Crippen molar-refractivity contribution in [3.63, 3.8) is 0 Å². The van der Waals surface area contributed by atoms with E-state index in [2.05, 4.69) is 0 Å². The van der Waals surface area contributed by atoms with Gasteiger partial charge in [0.25, 0.3) is 0 Å². The van der Waals surface area contributed by atoms with E-state index < -0.39 is 5.97 Å². The van der Waals surface area contributed by atoms with Crippen LogP contribution in [0.1, 0.15) is 10.4 Å². The molecule has 0 amide bonds. The fourth-order valence-corrected chi connectivity index (χ4v) is 1.83. The molecule has 0 unspecified atom stereocenters. The molecule has 4 nitrogen and oxygen atoms in total. The quantitative estimate of drug-likeness (QED) is 0.824. The van der Waals surface area contributed by atoms with Crippen molar-refractivity contribution in [1.82, 2.24) is 0 Å². The van der Waals surface area contributed by atoms with Gasteiger partial charge in [-0.15, -0.1) is 0 Å². The third-order valence-electron chi connectivity index (χ3n) is 2.65. The summed E-state index contributed by atoms with van der Waals surface area (Å²) in [6.07, 6.45) is 0. The number of carbonyl (C=O) groups is 1. The van der Waals surface area contributed by atoms with Gasteiger partial charge in [-0.3, -0.25) is 0 Å². The number of fused-ring (bicyclic) bond motifs is 1. The highest BCUT2D eigenvalue weighted by Crippen LogP contribution is 2.28. The van der Waals surface area contributed by atoms with Crippen molar-refractivity contribution in [3.05, 3.63) is 42.0 Å². The SMILES string of the molecule is COCCOc1ccc2ccccc2c1C(=O)O. The first kappa shape index (κ1) is 12.4. The second-order valence-electron chi connectivity index (χ2n) is 3.81. The Labute approximate surface area is 105 Å². The van der Waals surface area contributed by atoms with Gasteiger partial charge < -0.3 is 14.6 Å². The summed E-state index contributed by atoms with van der Waals surface area (Å²) in [6, 6.07) is 10.9. The predicted molar refractivity (Wildman–Crippen MR) is 68.3 cm³/mol. The lowest BCUT2D eigenvalue weighted by molar-refractivity contribution is 0.0692. The van der Waals surface area contributed by atoms with E-state index in [-0.39, 0.29) is 5.56 Å². The summed E-state index contributed by atoms with van der Waals surface area (Å²) in [5.74, 6) is -0.613. The Morgan fingerprint density at radius 3 is 2.67 bits per heavy atom. The molecule has 0 aliphatic carbocycles. The lowest BCUT2D eigenvalue weighted by atomic mass is 10.0. The molecular weight excluding hydrogens is 232 g/mol. The Bertz CT molecular complexity index is 563. The largest absolute Gasteiger partial charge is 0.490 e. The van der Waals surface area contributed by atoms with Crippen LogP contribution in [0.15, 0.2) is 36.4 Å². The summed E-state index contributed by atoms with van der Waals surface area (Å²) in [4.78, 5) is 11.4. The van der Waals surface area contributed by atoms with Crippen molar-refractivity contribution >= 4 is 16.7 Å². The Kier molecular flexibility index (Phi) is 3.79. The molecule has 0 atom stereocenters. The van der Waals surface area contributed by atoms with Crippen molar-refractivity contribution in [3.8, 4) is 5.75 Å². The third-order valence-corrected chi connectivity index (χ3v) is 2.65. The molecule has 0 heterocycles. The zero-order valence-corrected chi connectivity index (χ0v) is 10.1. The van der Waals surface area contributed by atoms with E-state index in [1.165, 1.54) is 0 Å². The van der Waals surface area contributed by atoms with Crippen molar-refractivity contribution in [1.29, 1.82) is 0 Å². The van der Waals surface area contributed by atoms with Crippen molar-refractivity contribution in [2.24, 2.45) is 0 Å². The van der Waals surface area contributed by atoms with Gasteiger partial charge in [-0.05, 0) is 16.8 Å². The molecule has 0 saturated carbocycles. The van der Waals surface area contributed by atoms with E-state index in [9.17, 15) is 9.90 Å². The monoisotopic (exact) mass is 246 g/mol. The van der Waals surface area contributed by atoms with Gasteiger partial charge in [-0.2, -0.15) is 0 Å². The zero-order chi connectivity index (χ0) is 13.0. The highest BCUT2D eigenvalue weighted by atomic mass is 16.5. The molecule has 1 N–H and O–H groups in total. The molecule has 0 radical (unpaired) electrons. The maximum absolute atomic E-state index is 11.4. The number of methoxy groups -OCH3 is 1. The standard InChI is InChI=1S/C14H14O4/c1-17-8-9-18-12-7-6-10-4-2-3-5-11(10)13(12)14(15)16/h2-7H,8-9H2,1H3,(H,15,16). The maximum Gasteiger partial charge on any atom is 0.340 e. The highest BCUT2D eigenvalue weighted by molar-refractivity contribution is 6.06. The minimum Gasteiger partial charge on any atom is -0.490 e. The average Bonchev–Trinajstić information content (AvgIpc) is 2.38. The summed E-state index contributed by atoms with van der Waals surface area (Å²) in [7, 11) is 1.57. The number of hydrogen-bond acceptors (Lipinski definition) is 3. The summed E-state index contributed by atoms with van der Waals surface area (Å²) in [6.45, 7) is 0.751. The topological polar surface area (TPSA) is 55.8 Å². The van der Waals surface area contributed by atoms with Gasteiger partial charge in [0.1, 0.15) is 17.9 Å². The molecule has 0 aliphatic rings. The predicted octanol–water partition coefficient (Wildman–Crippen LogP) is 2.56. The summed E-state index contributed by atoms with van der Waals surface area (Å²) in [5.41, 5.74) is 0.198. The van der Waals surface area contributed by atoms with E-state index in [1.54, 1.807) is 19.2 Å². The van der Waals surface area contributed by atoms with Gasteiger partial charge in [0.15, 0.2) is 0 Å². The van der Waals surface area contributed by atoms with Crippen LogP contribution in [0.4, 0.5) is 0 Å². The Hall–Kier alpha value is -2.07. The minimum absolute atomic E-state index is 0.198. The number of rotatable bonds is 5. The van der Waals surface area contributed by atoms with Gasteiger partial charge in [0.05, 0.1) is 6.61 Å². The number of carboxylic acids is 1. The number of carboxylic acid groups (broad SMARTS) is 1. The van der Waals surface area contributed by atoms with Crippen LogP contribution < -0.4 is 4.74 Å². The third kappa shape index (κ3) is 2.43. The fraction of sp³-hybridized carbons (Fsp3) is 0.214. The van der Waals surface area contributed by atoms with Crippen LogP contribution in [0, 0.1) is 0 Å². The zero-order valence-electron chi connectivity index (χ0n) is 10.1. The van der Waals surface area contributed by atoms with Crippen molar-refractivity contribution in [2.45, 2.75) is 0 Å². The van der Waals surface area contributed by atoms with Crippen LogP contribution in [0.5, 0.6) is 5.75 Å². The molecular formula is C14H14O4. The lowest BCUT2D eigenvalue weighted by Crippen LogP contribution is -2.08. The van der Waals surface area contributed by atoms with Crippen molar-refractivity contribution < 1.29 is 19.4 Å². The van der Waals surface area contributed by atoms with Crippen LogP contribution >= 0.6 is 0 Å². The van der Waals surface area contributed by atoms with Crippen LogP contribution in [-0.2, 0) is 4.74 Å². The van der Waals surface area contributed by atoms with Crippen LogP contribution in [0.25, 0.3) is 10.8 Å². The Balaban J connectivity index is 2.46. The molecule has 0 saturated heterocycles. The first-order valence-electron chi connectivity index (χ1n) is 5.61. The van der Waals surface area contributed by atoms with Crippen LogP contribution in [0.3, 0.4) is 0 Å². The smallest absolute Gasteiger partial charge is 0.340 e. The van der Waals surface area contributed by atoms with E-state index in [0.29, 0.717) is 24.3 Å². The van der Waals surface area contributed by atoms with E-state index in [1.807, 2.05) is 24.3 Å². The van der Waals surface area contributed by atoms with E-state index in [0.717, 1.165) is 5.39 Å². The van der Waals surface area contributed by atoms with Crippen LogP contribution in [-0.4, -0.2) is 31.4 Å². The fourth-order valence-electron chi connectivity index (χ4n) is 1.83. The van der Waals surface area contributed by atoms with Gasteiger partial charge in [-0.1, -0.05) is 30.3 Å². The van der Waals surface area contributed by atoms with Crippen molar-refractivity contribution in [2.75, 3.05) is 20.3 Å². The normalized spacial score (nSPS) is 10.5. The number of ether oxygens (including phenoxy) is 2. The summed E-state index contributed by atoms with van der Waals surface area (Å²) >= 11 is 0. The Morgan fingerprint density at radius 1 is 1.17 bits per heavy atom. The second-order valence-corrected chi connectivity index (χ2v) is 3.81. The van der Waals surface area contributed by atoms with E-state index >= 15 is 0 Å². The molecule has 2 aromatic carbocycles. The Morgan fingerprint density at radius 2 is 1.94 bits per heavy atom. The van der Waals surface area contributed by atoms with E-state index in [4.69, 9.17) is 9.47 Å². The number of hydrogen-bond donors (Lipinski definition) is 1. The van der Waals surface area contributed by atoms with Gasteiger partial charge in [-0.25, -0.2) is 4.79 Å². The molecule has 4 heteroatoms. The molecule has 2 rings (SSSR count). The molecule has 94 valence electrons. The first-order valence-corrected chi connectivity index (χ1v) is 5.61. The minimum atomic E-state index is -0.987. The number of benzene rings is 2. The van der Waals surface area contributed by atoms with Gasteiger partial charge >= 0.3 is 5.97 Å². The van der Waals surface area contributed by atoms with Gasteiger partial charge in [0.2, 0.25) is 0 Å². The highest BCUT2D eigenvalue weighted by Gasteiger charge is 2.15. The average molecular weight is 246 g/mol. The van der Waals surface area contributed by atoms with Crippen LogP contribution in [0.2, 0.25) is 0 Å². The molecule has 0 spiro atoms. The maximum atomic E-state index is 11.4. The first-order chi connectivity index (χ1) is 8.74. The number of aromatic carboxylic acids is 1. The molecule has 0 aromatic heterocycles. The second kappa shape index (κ2) is 5.51. The molecule has 0 aliphatic heterocycles. The molecule has 18 heavy (non-hydrogen) atoms. The summed E-state index contributed by atoms with van der Waals surface area (Å²) in [5, 5.41) is 10.9. The summed E-state index contributed by atoms with van der Waals surface area (Å²) < 4.78 is 10.3. The molecule has 2 aromatic rings.